The molecule has 0 aliphatic heterocycles. The van der Waals surface area contributed by atoms with E-state index in [0.717, 1.165) is 16.8 Å². The fourth-order valence-corrected chi connectivity index (χ4v) is 2.21. The van der Waals surface area contributed by atoms with Crippen LogP contribution < -0.4 is 10.1 Å². The van der Waals surface area contributed by atoms with E-state index in [1.165, 1.54) is 18.2 Å². The average Bonchev–Trinajstić information content (AvgIpc) is 2.46. The molecule has 0 saturated heterocycles. The Hall–Kier alpha value is -2.07. The molecule has 1 amide bonds. The Bertz CT molecular complexity index is 683. The van der Waals surface area contributed by atoms with Crippen molar-refractivity contribution in [3.63, 3.8) is 0 Å². The zero-order valence-electron chi connectivity index (χ0n) is 12.6. The Balaban J connectivity index is 2.07. The molecule has 2 aromatic carbocycles. The summed E-state index contributed by atoms with van der Waals surface area (Å²) in [4.78, 5) is 12.2. The van der Waals surface area contributed by atoms with Gasteiger partial charge >= 0.3 is 0 Å². The molecular weight excluding hydrogens is 305 g/mol. The number of anilines is 1. The summed E-state index contributed by atoms with van der Waals surface area (Å²) in [6, 6.07) is 9.76. The minimum absolute atomic E-state index is 0.0418. The maximum absolute atomic E-state index is 13.1. The molecule has 2 aromatic rings. The maximum atomic E-state index is 13.1. The first-order valence-electron chi connectivity index (χ1n) is 6.87. The van der Waals surface area contributed by atoms with E-state index in [1.54, 1.807) is 6.92 Å². The van der Waals surface area contributed by atoms with Crippen LogP contribution in [-0.2, 0) is 4.79 Å². The highest BCUT2D eigenvalue weighted by molar-refractivity contribution is 6.30. The molecule has 0 fully saturated rings. The summed E-state index contributed by atoms with van der Waals surface area (Å²) in [7, 11) is 0. The lowest BCUT2D eigenvalue weighted by Gasteiger charge is -2.17. The van der Waals surface area contributed by atoms with E-state index in [0.29, 0.717) is 5.75 Å². The van der Waals surface area contributed by atoms with Crippen LogP contribution in [-0.4, -0.2) is 12.0 Å². The molecule has 22 heavy (non-hydrogen) atoms. The second-order valence-electron chi connectivity index (χ2n) is 5.09. The van der Waals surface area contributed by atoms with Gasteiger partial charge in [0.25, 0.3) is 5.91 Å². The number of aryl methyl sites for hydroxylation is 2. The fourth-order valence-electron chi connectivity index (χ4n) is 2.04. The predicted octanol–water partition coefficient (Wildman–Crippen LogP) is 4.50. The molecule has 0 bridgehead atoms. The number of halogens is 2. The van der Waals surface area contributed by atoms with Crippen LogP contribution in [0.4, 0.5) is 10.1 Å². The molecule has 0 heterocycles. The molecule has 1 atom stereocenters. The molecule has 5 heteroatoms. The zero-order chi connectivity index (χ0) is 16.3. The molecule has 0 radical (unpaired) electrons. The van der Waals surface area contributed by atoms with Crippen LogP contribution in [0.1, 0.15) is 18.1 Å². The average molecular weight is 322 g/mol. The smallest absolute Gasteiger partial charge is 0.265 e. The Labute approximate surface area is 134 Å². The summed E-state index contributed by atoms with van der Waals surface area (Å²) in [5, 5.41) is 2.81. The van der Waals surface area contributed by atoms with Gasteiger partial charge in [0.1, 0.15) is 11.6 Å². The Kier molecular flexibility index (Phi) is 5.03. The molecule has 0 aromatic heterocycles. The van der Waals surface area contributed by atoms with Gasteiger partial charge in [0.15, 0.2) is 6.10 Å². The molecule has 3 nitrogen and oxygen atoms in total. The first-order valence-corrected chi connectivity index (χ1v) is 7.25. The van der Waals surface area contributed by atoms with E-state index in [4.69, 9.17) is 16.3 Å². The van der Waals surface area contributed by atoms with E-state index in [2.05, 4.69) is 5.32 Å². The number of amides is 1. The number of ether oxygens (including phenoxy) is 1. The zero-order valence-corrected chi connectivity index (χ0v) is 13.4. The van der Waals surface area contributed by atoms with Gasteiger partial charge in [0.05, 0.1) is 5.02 Å². The van der Waals surface area contributed by atoms with Gasteiger partial charge in [-0.25, -0.2) is 4.39 Å². The van der Waals surface area contributed by atoms with Gasteiger partial charge in [0.2, 0.25) is 0 Å². The van der Waals surface area contributed by atoms with Crippen LogP contribution in [0.5, 0.6) is 5.75 Å². The van der Waals surface area contributed by atoms with Gasteiger partial charge in [0, 0.05) is 11.8 Å². The summed E-state index contributed by atoms with van der Waals surface area (Å²) < 4.78 is 18.6. The summed E-state index contributed by atoms with van der Waals surface area (Å²) in [6.45, 7) is 5.47. The van der Waals surface area contributed by atoms with Crippen LogP contribution in [0.3, 0.4) is 0 Å². The molecule has 116 valence electrons. The molecule has 2 rings (SSSR count). The largest absolute Gasteiger partial charge is 0.481 e. The van der Waals surface area contributed by atoms with Gasteiger partial charge in [-0.1, -0.05) is 29.8 Å². The SMILES string of the molecule is Cc1cccc(C)c1NC(=O)C(C)Oc1ccc(F)c(Cl)c1. The summed E-state index contributed by atoms with van der Waals surface area (Å²) in [6.07, 6.45) is -0.736. The van der Waals surface area contributed by atoms with Gasteiger partial charge in [-0.05, 0) is 44.0 Å². The third kappa shape index (κ3) is 3.77. The van der Waals surface area contributed by atoms with Crippen molar-refractivity contribution in [2.45, 2.75) is 26.9 Å². The number of rotatable bonds is 4. The molecule has 0 saturated carbocycles. The van der Waals surface area contributed by atoms with Crippen LogP contribution in [0, 0.1) is 19.7 Å². The first kappa shape index (κ1) is 16.3. The van der Waals surface area contributed by atoms with Gasteiger partial charge in [-0.3, -0.25) is 4.79 Å². The fraction of sp³-hybridized carbons (Fsp3) is 0.235. The Morgan fingerprint density at radius 1 is 1.23 bits per heavy atom. The standard InChI is InChI=1S/C17H17ClFNO2/c1-10-5-4-6-11(2)16(10)20-17(21)12(3)22-13-7-8-15(19)14(18)9-13/h4-9,12H,1-3H3,(H,20,21). The highest BCUT2D eigenvalue weighted by Crippen LogP contribution is 2.23. The second kappa shape index (κ2) is 6.79. The second-order valence-corrected chi connectivity index (χ2v) is 5.50. The molecular formula is C17H17ClFNO2. The third-order valence-corrected chi connectivity index (χ3v) is 3.59. The number of para-hydroxylation sites is 1. The van der Waals surface area contributed by atoms with Crippen molar-refractivity contribution in [2.75, 3.05) is 5.32 Å². The molecule has 0 spiro atoms. The number of hydrogen-bond acceptors (Lipinski definition) is 2. The predicted molar refractivity (Wildman–Crippen MR) is 86.0 cm³/mol. The van der Waals surface area contributed by atoms with Crippen molar-refractivity contribution < 1.29 is 13.9 Å². The molecule has 0 aliphatic rings. The number of carbonyl (C=O) groups excluding carboxylic acids is 1. The van der Waals surface area contributed by atoms with E-state index in [9.17, 15) is 9.18 Å². The van der Waals surface area contributed by atoms with Gasteiger partial charge in [-0.15, -0.1) is 0 Å². The van der Waals surface area contributed by atoms with E-state index in [-0.39, 0.29) is 10.9 Å². The van der Waals surface area contributed by atoms with Gasteiger partial charge < -0.3 is 10.1 Å². The lowest BCUT2D eigenvalue weighted by Crippen LogP contribution is -2.30. The number of benzene rings is 2. The Morgan fingerprint density at radius 2 is 1.86 bits per heavy atom. The summed E-state index contributed by atoms with van der Waals surface area (Å²) in [5.74, 6) is -0.463. The van der Waals surface area contributed by atoms with Crippen molar-refractivity contribution in [3.8, 4) is 5.75 Å². The number of carbonyl (C=O) groups is 1. The monoisotopic (exact) mass is 321 g/mol. The highest BCUT2D eigenvalue weighted by atomic mass is 35.5. The minimum Gasteiger partial charge on any atom is -0.481 e. The van der Waals surface area contributed by atoms with Crippen molar-refractivity contribution in [3.05, 3.63) is 58.4 Å². The van der Waals surface area contributed by atoms with Crippen molar-refractivity contribution in [2.24, 2.45) is 0 Å². The van der Waals surface area contributed by atoms with Crippen LogP contribution in [0.2, 0.25) is 5.02 Å². The topological polar surface area (TPSA) is 38.3 Å². The van der Waals surface area contributed by atoms with Crippen LogP contribution >= 0.6 is 11.6 Å². The normalized spacial score (nSPS) is 11.9. The quantitative estimate of drug-likeness (QED) is 0.900. The first-order chi connectivity index (χ1) is 10.4. The van der Waals surface area contributed by atoms with E-state index >= 15 is 0 Å². The maximum Gasteiger partial charge on any atom is 0.265 e. The molecule has 1 N–H and O–H groups in total. The summed E-state index contributed by atoms with van der Waals surface area (Å²) >= 11 is 5.69. The lowest BCUT2D eigenvalue weighted by molar-refractivity contribution is -0.122. The Morgan fingerprint density at radius 3 is 2.45 bits per heavy atom. The number of nitrogens with one attached hydrogen (secondary N) is 1. The third-order valence-electron chi connectivity index (χ3n) is 3.30. The van der Waals surface area contributed by atoms with Crippen molar-refractivity contribution in [1.82, 2.24) is 0 Å². The lowest BCUT2D eigenvalue weighted by atomic mass is 10.1. The molecule has 1 unspecified atom stereocenters. The highest BCUT2D eigenvalue weighted by Gasteiger charge is 2.17. The van der Waals surface area contributed by atoms with E-state index < -0.39 is 11.9 Å². The van der Waals surface area contributed by atoms with E-state index in [1.807, 2.05) is 32.0 Å². The number of hydrogen-bond donors (Lipinski definition) is 1. The van der Waals surface area contributed by atoms with Crippen LogP contribution in [0.15, 0.2) is 36.4 Å². The van der Waals surface area contributed by atoms with Crippen molar-refractivity contribution in [1.29, 1.82) is 0 Å². The summed E-state index contributed by atoms with van der Waals surface area (Å²) in [5.41, 5.74) is 2.73. The minimum atomic E-state index is -0.736. The van der Waals surface area contributed by atoms with Crippen LogP contribution in [0.25, 0.3) is 0 Å². The van der Waals surface area contributed by atoms with Gasteiger partial charge in [-0.2, -0.15) is 0 Å². The molecule has 0 aliphatic carbocycles. The van der Waals surface area contributed by atoms with Crippen molar-refractivity contribution >= 4 is 23.2 Å².